The molecule has 1 aromatic heterocycles. The molecule has 0 fully saturated rings. The number of likely N-dealkylation sites (N-methyl/N-ethyl adjacent to an activating group) is 1. The van der Waals surface area contributed by atoms with E-state index in [0.717, 1.165) is 29.1 Å². The number of carbonyl (C=O) groups excluding carboxylic acids is 1. The third-order valence-corrected chi connectivity index (χ3v) is 7.07. The van der Waals surface area contributed by atoms with Crippen LogP contribution in [-0.4, -0.2) is 60.6 Å². The quantitative estimate of drug-likeness (QED) is 0.320. The lowest BCUT2D eigenvalue weighted by atomic mass is 10.1. The molecule has 194 valence electrons. The van der Waals surface area contributed by atoms with Crippen LogP contribution in [0, 0.1) is 5.82 Å². The van der Waals surface area contributed by atoms with E-state index in [1.54, 1.807) is 31.3 Å². The van der Waals surface area contributed by atoms with Gasteiger partial charge in [-0.3, -0.25) is 4.79 Å². The Hall–Kier alpha value is -3.20. The van der Waals surface area contributed by atoms with Crippen LogP contribution >= 0.6 is 11.5 Å². The SMILES string of the molecule is CCC(C)N(CCC(=O)N(C)CCc1ccc(OC)c(OC)c1)c1nc(Cc2ccc(F)cc2)ns1. The maximum atomic E-state index is 13.2. The summed E-state index contributed by atoms with van der Waals surface area (Å²) in [6.07, 6.45) is 2.58. The molecule has 9 heteroatoms. The van der Waals surface area contributed by atoms with Gasteiger partial charge < -0.3 is 19.3 Å². The maximum absolute atomic E-state index is 13.2. The smallest absolute Gasteiger partial charge is 0.224 e. The van der Waals surface area contributed by atoms with Crippen molar-refractivity contribution in [1.29, 1.82) is 0 Å². The second kappa shape index (κ2) is 13.2. The van der Waals surface area contributed by atoms with E-state index in [2.05, 4.69) is 23.1 Å². The van der Waals surface area contributed by atoms with E-state index in [1.807, 2.05) is 25.2 Å². The molecular formula is C27H35FN4O3S. The molecule has 0 saturated carbocycles. The zero-order chi connectivity index (χ0) is 26.1. The first kappa shape index (κ1) is 27.4. The van der Waals surface area contributed by atoms with Gasteiger partial charge in [-0.2, -0.15) is 4.37 Å². The highest BCUT2D eigenvalue weighted by atomic mass is 32.1. The van der Waals surface area contributed by atoms with Crippen LogP contribution in [0.4, 0.5) is 9.52 Å². The van der Waals surface area contributed by atoms with Crippen molar-refractivity contribution in [1.82, 2.24) is 14.3 Å². The van der Waals surface area contributed by atoms with Crippen molar-refractivity contribution in [3.63, 3.8) is 0 Å². The summed E-state index contributed by atoms with van der Waals surface area (Å²) in [6, 6.07) is 12.4. The Balaban J connectivity index is 1.57. The lowest BCUT2D eigenvalue weighted by molar-refractivity contribution is -0.129. The Morgan fingerprint density at radius 3 is 2.42 bits per heavy atom. The molecule has 1 heterocycles. The Morgan fingerprint density at radius 1 is 1.06 bits per heavy atom. The fourth-order valence-electron chi connectivity index (χ4n) is 3.81. The number of rotatable bonds is 13. The highest BCUT2D eigenvalue weighted by molar-refractivity contribution is 7.09. The molecule has 3 rings (SSSR count). The highest BCUT2D eigenvalue weighted by Gasteiger charge is 2.20. The minimum absolute atomic E-state index is 0.0832. The van der Waals surface area contributed by atoms with Crippen LogP contribution in [0.25, 0.3) is 0 Å². The monoisotopic (exact) mass is 514 g/mol. The molecule has 0 saturated heterocycles. The topological polar surface area (TPSA) is 67.8 Å². The van der Waals surface area contributed by atoms with Crippen molar-refractivity contribution in [2.75, 3.05) is 39.3 Å². The van der Waals surface area contributed by atoms with Crippen LogP contribution in [0.5, 0.6) is 11.5 Å². The number of hydrogen-bond acceptors (Lipinski definition) is 7. The maximum Gasteiger partial charge on any atom is 0.224 e. The zero-order valence-electron chi connectivity index (χ0n) is 21.7. The average molecular weight is 515 g/mol. The number of benzene rings is 2. The Labute approximate surface area is 217 Å². The van der Waals surface area contributed by atoms with E-state index < -0.39 is 0 Å². The minimum Gasteiger partial charge on any atom is -0.493 e. The van der Waals surface area contributed by atoms with Crippen LogP contribution in [0.2, 0.25) is 0 Å². The lowest BCUT2D eigenvalue weighted by Crippen LogP contribution is -2.37. The van der Waals surface area contributed by atoms with E-state index >= 15 is 0 Å². The van der Waals surface area contributed by atoms with Crippen molar-refractivity contribution in [3.05, 3.63) is 65.2 Å². The number of halogens is 1. The van der Waals surface area contributed by atoms with Gasteiger partial charge in [0.05, 0.1) is 14.2 Å². The van der Waals surface area contributed by atoms with Gasteiger partial charge in [0.1, 0.15) is 11.6 Å². The summed E-state index contributed by atoms with van der Waals surface area (Å²) in [5, 5.41) is 0.808. The van der Waals surface area contributed by atoms with Gasteiger partial charge in [0, 0.05) is 50.6 Å². The Kier molecular flexibility index (Phi) is 10.0. The molecule has 0 aliphatic rings. The Bertz CT molecular complexity index is 1120. The molecule has 0 spiro atoms. The second-order valence-corrected chi connectivity index (χ2v) is 9.48. The van der Waals surface area contributed by atoms with Crippen molar-refractivity contribution in [3.8, 4) is 11.5 Å². The molecule has 2 aromatic carbocycles. The molecule has 0 aliphatic heterocycles. The summed E-state index contributed by atoms with van der Waals surface area (Å²) in [5.74, 6) is 1.90. The first-order chi connectivity index (χ1) is 17.3. The molecule has 3 aromatic rings. The fraction of sp³-hybridized carbons (Fsp3) is 0.444. The lowest BCUT2D eigenvalue weighted by Gasteiger charge is -2.28. The van der Waals surface area contributed by atoms with Gasteiger partial charge in [0.2, 0.25) is 11.0 Å². The van der Waals surface area contributed by atoms with Crippen LogP contribution in [-0.2, 0) is 17.6 Å². The Morgan fingerprint density at radius 2 is 1.75 bits per heavy atom. The molecule has 1 atom stereocenters. The van der Waals surface area contributed by atoms with E-state index in [-0.39, 0.29) is 17.8 Å². The summed E-state index contributed by atoms with van der Waals surface area (Å²) >= 11 is 1.34. The molecule has 0 aliphatic carbocycles. The largest absolute Gasteiger partial charge is 0.493 e. The number of hydrogen-bond donors (Lipinski definition) is 0. The highest BCUT2D eigenvalue weighted by Crippen LogP contribution is 2.28. The zero-order valence-corrected chi connectivity index (χ0v) is 22.5. The van der Waals surface area contributed by atoms with E-state index in [1.165, 1.54) is 23.7 Å². The van der Waals surface area contributed by atoms with E-state index in [4.69, 9.17) is 14.5 Å². The third-order valence-electron chi connectivity index (χ3n) is 6.28. The summed E-state index contributed by atoms with van der Waals surface area (Å²) in [4.78, 5) is 21.5. The number of nitrogens with zero attached hydrogens (tertiary/aromatic N) is 4. The molecule has 1 unspecified atom stereocenters. The normalized spacial score (nSPS) is 11.7. The summed E-state index contributed by atoms with van der Waals surface area (Å²) < 4.78 is 28.4. The summed E-state index contributed by atoms with van der Waals surface area (Å²) in [5.41, 5.74) is 2.04. The van der Waals surface area contributed by atoms with Crippen LogP contribution in [0.15, 0.2) is 42.5 Å². The summed E-state index contributed by atoms with van der Waals surface area (Å²) in [7, 11) is 5.06. The van der Waals surface area contributed by atoms with Gasteiger partial charge >= 0.3 is 0 Å². The van der Waals surface area contributed by atoms with Crippen molar-refractivity contribution >= 4 is 22.6 Å². The van der Waals surface area contributed by atoms with Gasteiger partial charge in [-0.05, 0) is 55.2 Å². The van der Waals surface area contributed by atoms with E-state index in [9.17, 15) is 9.18 Å². The fourth-order valence-corrected chi connectivity index (χ4v) is 4.62. The standard InChI is InChI=1S/C27H35FN4O3S/c1-6-19(2)32(27-29-25(30-36-27)18-20-7-10-22(28)11-8-20)16-14-26(33)31(3)15-13-21-9-12-23(34-4)24(17-21)35-5/h7-12,17,19H,6,13-16,18H2,1-5H3. The number of anilines is 1. The van der Waals surface area contributed by atoms with Gasteiger partial charge in [-0.15, -0.1) is 0 Å². The minimum atomic E-state index is -0.257. The molecule has 0 bridgehead atoms. The first-order valence-corrected chi connectivity index (χ1v) is 12.9. The van der Waals surface area contributed by atoms with Crippen molar-refractivity contribution < 1.29 is 18.7 Å². The number of methoxy groups -OCH3 is 2. The van der Waals surface area contributed by atoms with Crippen LogP contribution in [0.1, 0.15) is 43.6 Å². The van der Waals surface area contributed by atoms with Crippen molar-refractivity contribution in [2.24, 2.45) is 0 Å². The van der Waals surface area contributed by atoms with E-state index in [0.29, 0.717) is 43.3 Å². The van der Waals surface area contributed by atoms with Crippen LogP contribution in [0.3, 0.4) is 0 Å². The van der Waals surface area contributed by atoms with Gasteiger partial charge in [-0.1, -0.05) is 25.1 Å². The number of carbonyl (C=O) groups is 1. The molecule has 0 radical (unpaired) electrons. The molecule has 7 nitrogen and oxygen atoms in total. The average Bonchev–Trinajstić information content (AvgIpc) is 3.35. The first-order valence-electron chi connectivity index (χ1n) is 12.1. The predicted molar refractivity (Wildman–Crippen MR) is 142 cm³/mol. The number of ether oxygens (including phenoxy) is 2. The number of amides is 1. The molecule has 1 amide bonds. The van der Waals surface area contributed by atoms with Gasteiger partial charge in [-0.25, -0.2) is 9.37 Å². The van der Waals surface area contributed by atoms with Gasteiger partial charge in [0.15, 0.2) is 11.5 Å². The summed E-state index contributed by atoms with van der Waals surface area (Å²) in [6.45, 7) is 5.43. The second-order valence-electron chi connectivity index (χ2n) is 8.75. The third kappa shape index (κ3) is 7.40. The molecule has 36 heavy (non-hydrogen) atoms. The number of aromatic nitrogens is 2. The van der Waals surface area contributed by atoms with Crippen molar-refractivity contribution in [2.45, 2.75) is 45.6 Å². The van der Waals surface area contributed by atoms with Crippen LogP contribution < -0.4 is 14.4 Å². The molecule has 0 N–H and O–H groups in total. The molecular weight excluding hydrogens is 479 g/mol. The van der Waals surface area contributed by atoms with Gasteiger partial charge in [0.25, 0.3) is 0 Å². The predicted octanol–water partition coefficient (Wildman–Crippen LogP) is 4.98.